The minimum atomic E-state index is -0.240. The lowest BCUT2D eigenvalue weighted by molar-refractivity contribution is -0.124. The number of halogens is 1. The van der Waals surface area contributed by atoms with Crippen LogP contribution in [0.4, 0.5) is 4.79 Å². The van der Waals surface area contributed by atoms with Crippen LogP contribution >= 0.6 is 27.7 Å². The summed E-state index contributed by atoms with van der Waals surface area (Å²) < 4.78 is 7.17. The number of benzene rings is 3. The second kappa shape index (κ2) is 9.28. The smallest absolute Gasteiger partial charge is 0.293 e. The quantitative estimate of drug-likeness (QED) is 0.344. The molecule has 3 aromatic carbocycles. The molecule has 0 unspecified atom stereocenters. The first-order valence-electron chi connectivity index (χ1n) is 10.1. The van der Waals surface area contributed by atoms with Gasteiger partial charge in [0.05, 0.1) is 4.91 Å². The summed E-state index contributed by atoms with van der Waals surface area (Å²) in [6.45, 7) is 4.27. The molecule has 0 N–H and O–H groups in total. The maximum absolute atomic E-state index is 12.9. The summed E-state index contributed by atoms with van der Waals surface area (Å²) in [5, 5.41) is 1.81. The number of ether oxygens (including phenoxy) is 1. The maximum Gasteiger partial charge on any atom is 0.293 e. The van der Waals surface area contributed by atoms with E-state index >= 15 is 0 Å². The fourth-order valence-corrected chi connectivity index (χ4v) is 4.64. The molecule has 1 aliphatic heterocycles. The molecule has 3 aromatic rings. The molecule has 0 aromatic heterocycles. The lowest BCUT2D eigenvalue weighted by atomic mass is 10.0. The van der Waals surface area contributed by atoms with Crippen LogP contribution in [-0.4, -0.2) is 22.1 Å². The molecule has 1 atom stereocenters. The molecule has 1 fully saturated rings. The van der Waals surface area contributed by atoms with Crippen molar-refractivity contribution in [1.29, 1.82) is 0 Å². The molecule has 0 radical (unpaired) electrons. The van der Waals surface area contributed by atoms with E-state index in [1.54, 1.807) is 6.08 Å². The molecule has 31 heavy (non-hydrogen) atoms. The van der Waals surface area contributed by atoms with E-state index in [9.17, 15) is 9.59 Å². The molecule has 158 valence electrons. The average molecular weight is 496 g/mol. The third kappa shape index (κ3) is 4.55. The third-order valence-corrected chi connectivity index (χ3v) is 6.78. The molecule has 4 rings (SSSR count). The molecular weight excluding hydrogens is 474 g/mol. The summed E-state index contributed by atoms with van der Waals surface area (Å²) in [6, 6.07) is 19.7. The van der Waals surface area contributed by atoms with Crippen LogP contribution in [0.5, 0.6) is 5.75 Å². The number of fused-ring (bicyclic) bond motifs is 1. The number of hydrogen-bond acceptors (Lipinski definition) is 4. The Labute approximate surface area is 194 Å². The average Bonchev–Trinajstić information content (AvgIpc) is 3.06. The monoisotopic (exact) mass is 495 g/mol. The number of imide groups is 1. The number of carbonyl (C=O) groups excluding carboxylic acids is 2. The van der Waals surface area contributed by atoms with Crippen molar-refractivity contribution in [3.63, 3.8) is 0 Å². The van der Waals surface area contributed by atoms with Gasteiger partial charge >= 0.3 is 0 Å². The molecule has 0 saturated carbocycles. The number of amides is 2. The normalized spacial score (nSPS) is 16.4. The van der Waals surface area contributed by atoms with Crippen molar-refractivity contribution < 1.29 is 14.3 Å². The van der Waals surface area contributed by atoms with Gasteiger partial charge in [0.25, 0.3) is 11.1 Å². The lowest BCUT2D eigenvalue weighted by Gasteiger charge is -2.19. The van der Waals surface area contributed by atoms with Crippen LogP contribution in [0.2, 0.25) is 0 Å². The Bertz CT molecular complexity index is 1170. The largest absolute Gasteiger partial charge is 0.488 e. The summed E-state index contributed by atoms with van der Waals surface area (Å²) >= 11 is 4.44. The van der Waals surface area contributed by atoms with Gasteiger partial charge in [-0.2, -0.15) is 0 Å². The van der Waals surface area contributed by atoms with Gasteiger partial charge in [0.15, 0.2) is 0 Å². The van der Waals surface area contributed by atoms with Gasteiger partial charge in [-0.3, -0.25) is 14.5 Å². The minimum Gasteiger partial charge on any atom is -0.488 e. The van der Waals surface area contributed by atoms with E-state index in [1.165, 1.54) is 4.90 Å². The van der Waals surface area contributed by atoms with Crippen molar-refractivity contribution in [2.75, 3.05) is 0 Å². The van der Waals surface area contributed by atoms with E-state index in [4.69, 9.17) is 4.74 Å². The van der Waals surface area contributed by atoms with Gasteiger partial charge in [-0.15, -0.1) is 0 Å². The van der Waals surface area contributed by atoms with E-state index in [-0.39, 0.29) is 17.2 Å². The van der Waals surface area contributed by atoms with Crippen molar-refractivity contribution in [2.45, 2.75) is 32.9 Å². The molecule has 6 heteroatoms. The van der Waals surface area contributed by atoms with Crippen LogP contribution in [0.25, 0.3) is 16.8 Å². The van der Waals surface area contributed by atoms with E-state index in [2.05, 4.69) is 15.9 Å². The second-order valence-corrected chi connectivity index (χ2v) is 9.33. The summed E-state index contributed by atoms with van der Waals surface area (Å²) in [5.41, 5.74) is 1.85. The first-order chi connectivity index (χ1) is 15.0. The Morgan fingerprint density at radius 3 is 2.55 bits per heavy atom. The molecule has 1 heterocycles. The minimum absolute atomic E-state index is 0.126. The topological polar surface area (TPSA) is 46.6 Å². The second-order valence-electron chi connectivity index (χ2n) is 7.42. The Morgan fingerprint density at radius 1 is 1.06 bits per heavy atom. The van der Waals surface area contributed by atoms with Crippen LogP contribution in [0, 0.1) is 0 Å². The Morgan fingerprint density at radius 2 is 1.81 bits per heavy atom. The number of thioether (sulfide) groups is 1. The summed E-state index contributed by atoms with van der Waals surface area (Å²) in [4.78, 5) is 27.2. The fourth-order valence-electron chi connectivity index (χ4n) is 3.47. The summed E-state index contributed by atoms with van der Waals surface area (Å²) in [7, 11) is 0. The number of rotatable bonds is 6. The molecule has 1 saturated heterocycles. The van der Waals surface area contributed by atoms with E-state index in [0.29, 0.717) is 17.3 Å². The van der Waals surface area contributed by atoms with Gasteiger partial charge in [0.1, 0.15) is 12.4 Å². The summed E-state index contributed by atoms with van der Waals surface area (Å²) in [6.07, 6.45) is 2.52. The Hall–Kier alpha value is -2.57. The fraction of sp³-hybridized carbons (Fsp3) is 0.200. The van der Waals surface area contributed by atoms with Crippen molar-refractivity contribution in [2.24, 2.45) is 0 Å². The van der Waals surface area contributed by atoms with Gasteiger partial charge < -0.3 is 4.74 Å². The molecule has 1 aliphatic rings. The van der Waals surface area contributed by atoms with Gasteiger partial charge in [0, 0.05) is 16.1 Å². The maximum atomic E-state index is 12.9. The number of hydrogen-bond donors (Lipinski definition) is 0. The van der Waals surface area contributed by atoms with Crippen molar-refractivity contribution in [3.8, 4) is 5.75 Å². The zero-order valence-corrected chi connectivity index (χ0v) is 19.7. The van der Waals surface area contributed by atoms with E-state index in [0.717, 1.165) is 44.6 Å². The lowest BCUT2D eigenvalue weighted by Crippen LogP contribution is -2.36. The van der Waals surface area contributed by atoms with Crippen molar-refractivity contribution in [3.05, 3.63) is 81.2 Å². The van der Waals surface area contributed by atoms with Gasteiger partial charge in [-0.25, -0.2) is 0 Å². The Balaban J connectivity index is 1.72. The molecule has 4 nitrogen and oxygen atoms in total. The highest BCUT2D eigenvalue weighted by molar-refractivity contribution is 9.10. The zero-order chi connectivity index (χ0) is 22.0. The van der Waals surface area contributed by atoms with Crippen molar-refractivity contribution >= 4 is 55.7 Å². The van der Waals surface area contributed by atoms with Crippen molar-refractivity contribution in [1.82, 2.24) is 4.90 Å². The van der Waals surface area contributed by atoms with Crippen LogP contribution in [0.15, 0.2) is 70.0 Å². The molecule has 2 amide bonds. The highest BCUT2D eigenvalue weighted by Crippen LogP contribution is 2.38. The number of carbonyl (C=O) groups is 2. The first-order valence-corrected chi connectivity index (χ1v) is 11.7. The third-order valence-electron chi connectivity index (χ3n) is 5.37. The van der Waals surface area contributed by atoms with E-state index < -0.39 is 0 Å². The van der Waals surface area contributed by atoms with Gasteiger partial charge in [0.2, 0.25) is 0 Å². The standard InChI is InChI=1S/C25H22BrNO3S/c1-3-16(2)27-24(28)23(31-25(27)29)14-21-20-7-5-4-6-18(20)10-13-22(21)30-15-17-8-11-19(26)12-9-17/h4-14,16H,3,15H2,1-2H3/b23-14+/t16-/m0/s1. The molecule has 0 bridgehead atoms. The zero-order valence-electron chi connectivity index (χ0n) is 17.3. The molecular formula is C25H22BrNO3S. The molecule has 0 spiro atoms. The SMILES string of the molecule is CC[C@H](C)N1C(=O)S/C(=C/c2c(OCc3ccc(Br)cc3)ccc3ccccc23)C1=O. The molecule has 0 aliphatic carbocycles. The van der Waals surface area contributed by atoms with Gasteiger partial charge in [-0.1, -0.05) is 65.3 Å². The van der Waals surface area contributed by atoms with Crippen LogP contribution in [-0.2, 0) is 11.4 Å². The highest BCUT2D eigenvalue weighted by atomic mass is 79.9. The predicted octanol–water partition coefficient (Wildman–Crippen LogP) is 7.02. The van der Waals surface area contributed by atoms with Crippen LogP contribution in [0.1, 0.15) is 31.4 Å². The number of nitrogens with zero attached hydrogens (tertiary/aromatic N) is 1. The predicted molar refractivity (Wildman–Crippen MR) is 130 cm³/mol. The van der Waals surface area contributed by atoms with E-state index in [1.807, 2.05) is 74.5 Å². The highest BCUT2D eigenvalue weighted by Gasteiger charge is 2.37. The summed E-state index contributed by atoms with van der Waals surface area (Å²) in [5.74, 6) is 0.438. The first kappa shape index (κ1) is 21.7. The van der Waals surface area contributed by atoms with Crippen LogP contribution < -0.4 is 4.74 Å². The Kier molecular flexibility index (Phi) is 6.49. The van der Waals surface area contributed by atoms with Gasteiger partial charge in [-0.05, 0) is 65.7 Å². The van der Waals surface area contributed by atoms with Crippen LogP contribution in [0.3, 0.4) is 0 Å².